The maximum Gasteiger partial charge on any atom is 0.274 e. The number of amides is 2. The molecule has 1 saturated heterocycles. The van der Waals surface area contributed by atoms with Crippen LogP contribution in [0.25, 0.3) is 0 Å². The van der Waals surface area contributed by atoms with Crippen LogP contribution in [0.1, 0.15) is 18.1 Å². The Labute approximate surface area is 154 Å². The summed E-state index contributed by atoms with van der Waals surface area (Å²) >= 11 is 6.02. The number of carbonyl (C=O) groups excluding carboxylic acids is 2. The van der Waals surface area contributed by atoms with Crippen molar-refractivity contribution in [3.05, 3.63) is 64.7 Å². The summed E-state index contributed by atoms with van der Waals surface area (Å²) < 4.78 is 11.5. The van der Waals surface area contributed by atoms with Crippen molar-refractivity contribution in [2.45, 2.75) is 24.4 Å². The van der Waals surface area contributed by atoms with Gasteiger partial charge in [-0.2, -0.15) is 0 Å². The summed E-state index contributed by atoms with van der Waals surface area (Å²) in [5.74, 6) is -0.833. The lowest BCUT2D eigenvalue weighted by Crippen LogP contribution is -2.71. The van der Waals surface area contributed by atoms with Crippen molar-refractivity contribution in [1.82, 2.24) is 0 Å². The molecule has 0 radical (unpaired) electrons. The fourth-order valence-electron chi connectivity index (χ4n) is 4.15. The minimum atomic E-state index is -1.44. The zero-order valence-corrected chi connectivity index (χ0v) is 14.4. The Morgan fingerprint density at radius 1 is 1.19 bits per heavy atom. The fraction of sp³-hybridized carbons (Fsp3) is 0.211. The quantitative estimate of drug-likeness (QED) is 0.776. The van der Waals surface area contributed by atoms with Crippen LogP contribution >= 0.6 is 11.6 Å². The summed E-state index contributed by atoms with van der Waals surface area (Å²) in [6.07, 6.45) is 0.563. The van der Waals surface area contributed by atoms with Crippen LogP contribution in [0.2, 0.25) is 5.02 Å². The first-order valence-corrected chi connectivity index (χ1v) is 8.48. The monoisotopic (exact) mass is 368 g/mol. The van der Waals surface area contributed by atoms with Crippen molar-refractivity contribution in [3.63, 3.8) is 0 Å². The van der Waals surface area contributed by atoms with Crippen molar-refractivity contribution in [3.8, 4) is 0 Å². The molecular weight excluding hydrogens is 356 g/mol. The summed E-state index contributed by atoms with van der Waals surface area (Å²) in [4.78, 5) is 31.3. The third-order valence-corrected chi connectivity index (χ3v) is 5.48. The van der Waals surface area contributed by atoms with Gasteiger partial charge in [0.05, 0.1) is 5.69 Å². The average molecular weight is 369 g/mol. The molecular formula is C19H13ClN2O4. The molecule has 5 rings (SSSR count). The number of benzene rings is 2. The van der Waals surface area contributed by atoms with Gasteiger partial charge in [-0.25, -0.2) is 9.89 Å². The Morgan fingerprint density at radius 2 is 1.92 bits per heavy atom. The predicted octanol–water partition coefficient (Wildman–Crippen LogP) is 2.74. The summed E-state index contributed by atoms with van der Waals surface area (Å²) in [6.45, 7) is 1.35. The van der Waals surface area contributed by atoms with Gasteiger partial charge in [0.2, 0.25) is 17.8 Å². The molecule has 7 heteroatoms. The number of aliphatic imine (C=N–C) groups is 1. The molecule has 0 saturated carbocycles. The van der Waals surface area contributed by atoms with E-state index in [1.165, 1.54) is 13.3 Å². The molecule has 0 N–H and O–H groups in total. The van der Waals surface area contributed by atoms with Crippen LogP contribution in [0.15, 0.2) is 53.5 Å². The van der Waals surface area contributed by atoms with E-state index in [0.717, 1.165) is 10.5 Å². The molecule has 0 aliphatic carbocycles. The average Bonchev–Trinajstić information content (AvgIpc) is 3.09. The largest absolute Gasteiger partial charge is 0.452 e. The smallest absolute Gasteiger partial charge is 0.274 e. The van der Waals surface area contributed by atoms with Crippen molar-refractivity contribution >= 4 is 35.5 Å². The van der Waals surface area contributed by atoms with Crippen molar-refractivity contribution in [2.24, 2.45) is 4.99 Å². The zero-order valence-electron chi connectivity index (χ0n) is 13.7. The number of ether oxygens (including phenoxy) is 2. The lowest BCUT2D eigenvalue weighted by molar-refractivity contribution is -0.322. The second kappa shape index (κ2) is 4.93. The van der Waals surface area contributed by atoms with Gasteiger partial charge < -0.3 is 9.47 Å². The predicted molar refractivity (Wildman–Crippen MR) is 93.9 cm³/mol. The first kappa shape index (κ1) is 15.5. The van der Waals surface area contributed by atoms with E-state index >= 15 is 0 Å². The fourth-order valence-corrected chi connectivity index (χ4v) is 4.28. The number of para-hydroxylation sites is 1. The number of imide groups is 1. The molecule has 3 heterocycles. The number of fused-ring (bicyclic) bond motifs is 4. The first-order valence-electron chi connectivity index (χ1n) is 8.10. The molecule has 3 aliphatic heterocycles. The minimum absolute atomic E-state index is 0.375. The standard InChI is InChI=1S/C19H13ClN2O4/c1-11(23)22-15-5-3-2-4-14(15)19(16(22)24)18(17(26-19)25-10-21-18)12-6-8-13(20)9-7-12/h2-10,17H,1H3/t17-,18-,19+/m0/s1. The van der Waals surface area contributed by atoms with E-state index in [9.17, 15) is 9.59 Å². The Bertz CT molecular complexity index is 989. The molecule has 130 valence electrons. The number of hydrogen-bond donors (Lipinski definition) is 0. The summed E-state index contributed by atoms with van der Waals surface area (Å²) in [5, 5.41) is 0.572. The lowest BCUT2D eigenvalue weighted by Gasteiger charge is -2.54. The molecule has 3 aliphatic rings. The van der Waals surface area contributed by atoms with Gasteiger partial charge in [-0.1, -0.05) is 41.9 Å². The van der Waals surface area contributed by atoms with E-state index in [2.05, 4.69) is 4.99 Å². The molecule has 0 unspecified atom stereocenters. The van der Waals surface area contributed by atoms with Gasteiger partial charge in [-0.3, -0.25) is 9.59 Å². The highest BCUT2D eigenvalue weighted by Crippen LogP contribution is 2.65. The Balaban J connectivity index is 1.79. The molecule has 3 atom stereocenters. The van der Waals surface area contributed by atoms with E-state index in [4.69, 9.17) is 21.1 Å². The van der Waals surface area contributed by atoms with Crippen LogP contribution in [-0.4, -0.2) is 24.5 Å². The van der Waals surface area contributed by atoms with Gasteiger partial charge in [-0.15, -0.1) is 0 Å². The highest BCUT2D eigenvalue weighted by Gasteiger charge is 2.80. The van der Waals surface area contributed by atoms with Crippen LogP contribution in [-0.2, 0) is 30.2 Å². The van der Waals surface area contributed by atoms with Crippen LogP contribution in [0.4, 0.5) is 5.69 Å². The Hall–Kier alpha value is -2.70. The highest BCUT2D eigenvalue weighted by molar-refractivity contribution is 6.30. The first-order chi connectivity index (χ1) is 12.5. The number of anilines is 1. The SMILES string of the molecule is CC(=O)N1C(=O)[C@]2(O[C@@H]3OC=N[C@@]32c2ccc(Cl)cc2)c2ccccc21. The molecule has 26 heavy (non-hydrogen) atoms. The number of carbonyl (C=O) groups is 2. The van der Waals surface area contributed by atoms with Crippen LogP contribution in [0, 0.1) is 0 Å². The van der Waals surface area contributed by atoms with Crippen molar-refractivity contribution in [1.29, 1.82) is 0 Å². The number of nitrogens with zero attached hydrogens (tertiary/aromatic N) is 2. The molecule has 0 aromatic heterocycles. The van der Waals surface area contributed by atoms with Crippen molar-refractivity contribution < 1.29 is 19.1 Å². The molecule has 2 aromatic rings. The van der Waals surface area contributed by atoms with E-state index in [1.54, 1.807) is 42.5 Å². The van der Waals surface area contributed by atoms with E-state index in [-0.39, 0.29) is 5.91 Å². The zero-order chi connectivity index (χ0) is 18.1. The van der Waals surface area contributed by atoms with E-state index < -0.39 is 23.3 Å². The minimum Gasteiger partial charge on any atom is -0.452 e. The second-order valence-electron chi connectivity index (χ2n) is 6.45. The molecule has 0 bridgehead atoms. The van der Waals surface area contributed by atoms with Gasteiger partial charge in [0, 0.05) is 17.5 Å². The second-order valence-corrected chi connectivity index (χ2v) is 6.89. The number of rotatable bonds is 1. The molecule has 1 fully saturated rings. The van der Waals surface area contributed by atoms with Gasteiger partial charge in [0.25, 0.3) is 5.91 Å². The third-order valence-electron chi connectivity index (χ3n) is 5.23. The van der Waals surface area contributed by atoms with Crippen LogP contribution in [0.5, 0.6) is 0 Å². The van der Waals surface area contributed by atoms with E-state index in [1.807, 2.05) is 6.07 Å². The van der Waals surface area contributed by atoms with Crippen molar-refractivity contribution in [2.75, 3.05) is 4.90 Å². The Kier molecular flexibility index (Phi) is 2.95. The van der Waals surface area contributed by atoms with Gasteiger partial charge in [0.1, 0.15) is 0 Å². The van der Waals surface area contributed by atoms with Gasteiger partial charge in [-0.05, 0) is 23.8 Å². The number of halogens is 1. The highest BCUT2D eigenvalue weighted by atomic mass is 35.5. The molecule has 2 aromatic carbocycles. The number of hydrogen-bond acceptors (Lipinski definition) is 5. The summed E-state index contributed by atoms with van der Waals surface area (Å²) in [6, 6.07) is 14.2. The molecule has 6 nitrogen and oxygen atoms in total. The maximum atomic E-state index is 13.4. The van der Waals surface area contributed by atoms with Gasteiger partial charge in [0.15, 0.2) is 11.9 Å². The molecule has 2 amide bonds. The maximum absolute atomic E-state index is 13.4. The Morgan fingerprint density at radius 3 is 2.62 bits per heavy atom. The van der Waals surface area contributed by atoms with Crippen LogP contribution < -0.4 is 4.90 Å². The topological polar surface area (TPSA) is 68.2 Å². The summed E-state index contributed by atoms with van der Waals surface area (Å²) in [5.41, 5.74) is -0.691. The lowest BCUT2D eigenvalue weighted by atomic mass is 9.66. The van der Waals surface area contributed by atoms with Crippen LogP contribution in [0.3, 0.4) is 0 Å². The normalized spacial score (nSPS) is 30.8. The molecule has 1 spiro atoms. The van der Waals surface area contributed by atoms with E-state index in [0.29, 0.717) is 16.3 Å². The third kappa shape index (κ3) is 1.55. The summed E-state index contributed by atoms with van der Waals surface area (Å²) in [7, 11) is 0. The van der Waals surface area contributed by atoms with Gasteiger partial charge >= 0.3 is 0 Å².